The van der Waals surface area contributed by atoms with Gasteiger partial charge in [0.05, 0.1) is 22.5 Å². The van der Waals surface area contributed by atoms with Gasteiger partial charge in [0.25, 0.3) is 0 Å². The summed E-state index contributed by atoms with van der Waals surface area (Å²) in [6, 6.07) is 4.19. The number of aliphatic hydroxyl groups is 1. The summed E-state index contributed by atoms with van der Waals surface area (Å²) in [5.41, 5.74) is 6.23. The molecule has 0 aliphatic rings. The second-order valence-electron chi connectivity index (χ2n) is 5.02. The first-order valence-corrected chi connectivity index (χ1v) is 6.16. The number of pyridine rings is 1. The van der Waals surface area contributed by atoms with Gasteiger partial charge in [-0.15, -0.1) is 0 Å². The summed E-state index contributed by atoms with van der Waals surface area (Å²) >= 11 is 5.93. The molecule has 6 heteroatoms. The molecular weight excluding hydrogens is 269 g/mol. The molecule has 102 valence electrons. The molecule has 2 rings (SSSR count). The Morgan fingerprint density at radius 3 is 2.79 bits per heavy atom. The first kappa shape index (κ1) is 13.8. The van der Waals surface area contributed by atoms with E-state index < -0.39 is 11.4 Å². The van der Waals surface area contributed by atoms with Crippen LogP contribution < -0.4 is 11.1 Å². The minimum atomic E-state index is -0.908. The normalized spacial score (nSPS) is 11.8. The van der Waals surface area contributed by atoms with Crippen LogP contribution in [0, 0.1) is 5.82 Å². The molecule has 0 amide bonds. The number of nitrogen functional groups attached to an aromatic ring is 1. The van der Waals surface area contributed by atoms with Gasteiger partial charge in [0.2, 0.25) is 0 Å². The molecule has 2 aromatic rings. The molecule has 0 atom stereocenters. The molecule has 0 aliphatic carbocycles. The van der Waals surface area contributed by atoms with E-state index in [4.69, 9.17) is 17.3 Å². The van der Waals surface area contributed by atoms with E-state index >= 15 is 0 Å². The van der Waals surface area contributed by atoms with Gasteiger partial charge in [0.15, 0.2) is 5.15 Å². The van der Waals surface area contributed by atoms with E-state index in [2.05, 4.69) is 10.3 Å². The zero-order valence-electron chi connectivity index (χ0n) is 10.7. The van der Waals surface area contributed by atoms with Gasteiger partial charge in [-0.2, -0.15) is 0 Å². The SMILES string of the molecule is CC(C)(O)CNc1c(N)c(Cl)nc2cc(F)ccc12. The number of halogens is 2. The zero-order valence-corrected chi connectivity index (χ0v) is 11.4. The first-order chi connectivity index (χ1) is 8.78. The van der Waals surface area contributed by atoms with Crippen molar-refractivity contribution in [1.29, 1.82) is 0 Å². The highest BCUT2D eigenvalue weighted by atomic mass is 35.5. The Morgan fingerprint density at radius 1 is 1.47 bits per heavy atom. The van der Waals surface area contributed by atoms with Crippen LogP contribution >= 0.6 is 11.6 Å². The molecule has 0 bridgehead atoms. The number of anilines is 2. The molecule has 1 aromatic carbocycles. The standard InChI is InChI=1S/C13H15ClFN3O/c1-13(2,19)6-17-11-8-4-3-7(15)5-9(8)18-12(14)10(11)16/h3-5,19H,6,16H2,1-2H3,(H,17,18). The Balaban J connectivity index is 2.54. The molecule has 1 heterocycles. The van der Waals surface area contributed by atoms with Gasteiger partial charge in [0.1, 0.15) is 5.82 Å². The Hall–Kier alpha value is -1.59. The van der Waals surface area contributed by atoms with E-state index in [1.165, 1.54) is 12.1 Å². The van der Waals surface area contributed by atoms with Crippen LogP contribution in [0.1, 0.15) is 13.8 Å². The van der Waals surface area contributed by atoms with Crippen molar-refractivity contribution in [2.45, 2.75) is 19.4 Å². The van der Waals surface area contributed by atoms with E-state index in [9.17, 15) is 9.50 Å². The number of nitrogens with one attached hydrogen (secondary N) is 1. The van der Waals surface area contributed by atoms with Crippen molar-refractivity contribution in [3.05, 3.63) is 29.2 Å². The van der Waals surface area contributed by atoms with Gasteiger partial charge < -0.3 is 16.2 Å². The average molecular weight is 284 g/mol. The predicted octanol–water partition coefficient (Wildman–Crippen LogP) is 2.79. The molecule has 0 fully saturated rings. The number of hydrogen-bond donors (Lipinski definition) is 3. The third-order valence-electron chi connectivity index (χ3n) is 2.64. The summed E-state index contributed by atoms with van der Waals surface area (Å²) in [4.78, 5) is 4.04. The predicted molar refractivity (Wildman–Crippen MR) is 75.9 cm³/mol. The summed E-state index contributed by atoms with van der Waals surface area (Å²) < 4.78 is 13.2. The van der Waals surface area contributed by atoms with E-state index in [0.29, 0.717) is 16.6 Å². The number of nitrogens with zero attached hydrogens (tertiary/aromatic N) is 1. The van der Waals surface area contributed by atoms with E-state index in [0.717, 1.165) is 0 Å². The van der Waals surface area contributed by atoms with E-state index in [1.807, 2.05) is 0 Å². The quantitative estimate of drug-likeness (QED) is 0.758. The molecule has 4 nitrogen and oxygen atoms in total. The summed E-state index contributed by atoms with van der Waals surface area (Å²) in [5.74, 6) is -0.394. The van der Waals surface area contributed by atoms with Gasteiger partial charge >= 0.3 is 0 Å². The van der Waals surface area contributed by atoms with Crippen molar-refractivity contribution in [2.24, 2.45) is 0 Å². The highest BCUT2D eigenvalue weighted by molar-refractivity contribution is 6.33. The van der Waals surface area contributed by atoms with Crippen molar-refractivity contribution in [3.8, 4) is 0 Å². The monoisotopic (exact) mass is 283 g/mol. The molecule has 4 N–H and O–H groups in total. The van der Waals surface area contributed by atoms with Crippen molar-refractivity contribution in [1.82, 2.24) is 4.98 Å². The number of nitrogens with two attached hydrogens (primary N) is 1. The lowest BCUT2D eigenvalue weighted by atomic mass is 10.1. The fourth-order valence-corrected chi connectivity index (χ4v) is 1.90. The van der Waals surface area contributed by atoms with Gasteiger partial charge in [-0.25, -0.2) is 9.37 Å². The minimum absolute atomic E-state index is 0.108. The smallest absolute Gasteiger partial charge is 0.154 e. The van der Waals surface area contributed by atoms with Crippen LogP contribution in [0.15, 0.2) is 18.2 Å². The fraction of sp³-hybridized carbons (Fsp3) is 0.308. The van der Waals surface area contributed by atoms with Crippen molar-refractivity contribution < 1.29 is 9.50 Å². The third kappa shape index (κ3) is 3.05. The fourth-order valence-electron chi connectivity index (χ4n) is 1.72. The molecule has 0 spiro atoms. The Morgan fingerprint density at radius 2 is 2.16 bits per heavy atom. The lowest BCUT2D eigenvalue weighted by Gasteiger charge is -2.20. The summed E-state index contributed by atoms with van der Waals surface area (Å²) in [6.07, 6.45) is 0. The first-order valence-electron chi connectivity index (χ1n) is 5.78. The maximum atomic E-state index is 13.2. The summed E-state index contributed by atoms with van der Waals surface area (Å²) in [5, 5.41) is 13.5. The minimum Gasteiger partial charge on any atom is -0.395 e. The number of fused-ring (bicyclic) bond motifs is 1. The maximum absolute atomic E-state index is 13.2. The van der Waals surface area contributed by atoms with Crippen LogP contribution in [-0.4, -0.2) is 22.2 Å². The Kier molecular flexibility index (Phi) is 3.52. The summed E-state index contributed by atoms with van der Waals surface area (Å²) in [6.45, 7) is 3.62. The molecule has 0 saturated carbocycles. The second-order valence-corrected chi connectivity index (χ2v) is 5.38. The van der Waals surface area contributed by atoms with Gasteiger partial charge in [-0.1, -0.05) is 11.6 Å². The van der Waals surface area contributed by atoms with Crippen LogP contribution in [-0.2, 0) is 0 Å². The van der Waals surface area contributed by atoms with Crippen LogP contribution in [0.3, 0.4) is 0 Å². The number of aromatic nitrogens is 1. The lowest BCUT2D eigenvalue weighted by Crippen LogP contribution is -2.29. The van der Waals surface area contributed by atoms with Crippen LogP contribution in [0.2, 0.25) is 5.15 Å². The molecule has 1 aromatic heterocycles. The second kappa shape index (κ2) is 4.83. The van der Waals surface area contributed by atoms with Crippen molar-refractivity contribution >= 4 is 33.9 Å². The molecule has 19 heavy (non-hydrogen) atoms. The van der Waals surface area contributed by atoms with E-state index in [1.54, 1.807) is 19.9 Å². The molecule has 0 radical (unpaired) electrons. The van der Waals surface area contributed by atoms with Crippen molar-refractivity contribution in [3.63, 3.8) is 0 Å². The lowest BCUT2D eigenvalue weighted by molar-refractivity contribution is 0.0946. The Labute approximate surface area is 115 Å². The molecule has 0 aliphatic heterocycles. The number of rotatable bonds is 3. The largest absolute Gasteiger partial charge is 0.395 e. The summed E-state index contributed by atoms with van der Waals surface area (Å²) in [7, 11) is 0. The average Bonchev–Trinajstić information content (AvgIpc) is 2.28. The highest BCUT2D eigenvalue weighted by Crippen LogP contribution is 2.33. The maximum Gasteiger partial charge on any atom is 0.154 e. The Bertz CT molecular complexity index is 625. The van der Waals surface area contributed by atoms with Crippen LogP contribution in [0.25, 0.3) is 10.9 Å². The topological polar surface area (TPSA) is 71.2 Å². The number of hydrogen-bond acceptors (Lipinski definition) is 4. The van der Waals surface area contributed by atoms with Gasteiger partial charge in [0, 0.05) is 18.0 Å². The van der Waals surface area contributed by atoms with Crippen LogP contribution in [0.5, 0.6) is 0 Å². The highest BCUT2D eigenvalue weighted by Gasteiger charge is 2.16. The number of benzene rings is 1. The van der Waals surface area contributed by atoms with Gasteiger partial charge in [-0.05, 0) is 26.0 Å². The van der Waals surface area contributed by atoms with Gasteiger partial charge in [-0.3, -0.25) is 0 Å². The molecule has 0 saturated heterocycles. The van der Waals surface area contributed by atoms with Crippen molar-refractivity contribution in [2.75, 3.05) is 17.6 Å². The van der Waals surface area contributed by atoms with Crippen LogP contribution in [0.4, 0.5) is 15.8 Å². The molecular formula is C13H15ClFN3O. The zero-order chi connectivity index (χ0) is 14.2. The van der Waals surface area contributed by atoms with E-state index in [-0.39, 0.29) is 17.4 Å². The molecule has 0 unspecified atom stereocenters. The third-order valence-corrected chi connectivity index (χ3v) is 2.93.